The Balaban J connectivity index is 2.26. The number of benzene rings is 2. The van der Waals surface area contributed by atoms with Gasteiger partial charge in [-0.05, 0) is 40.5 Å². The highest BCUT2D eigenvalue weighted by Crippen LogP contribution is 2.25. The van der Waals surface area contributed by atoms with Gasteiger partial charge < -0.3 is 24.8 Å². The third-order valence-electron chi connectivity index (χ3n) is 4.00. The molecule has 0 amide bonds. The molecule has 0 saturated carbocycles. The Morgan fingerprint density at radius 3 is 2.36 bits per heavy atom. The van der Waals surface area contributed by atoms with Crippen LogP contribution in [0.2, 0.25) is 0 Å². The van der Waals surface area contributed by atoms with Gasteiger partial charge in [-0.1, -0.05) is 49.2 Å². The minimum atomic E-state index is -1.58. The molecule has 0 aliphatic rings. The maximum atomic E-state index is 9.32. The van der Waals surface area contributed by atoms with Gasteiger partial charge in [0, 0.05) is 0 Å². The second kappa shape index (κ2) is 8.75. The van der Waals surface area contributed by atoms with E-state index in [1.54, 1.807) is 36.4 Å². The number of ether oxygens (including phenoxy) is 1. The summed E-state index contributed by atoms with van der Waals surface area (Å²) >= 11 is 0. The summed E-state index contributed by atoms with van der Waals surface area (Å²) in [7, 11) is -3.09. The van der Waals surface area contributed by atoms with Gasteiger partial charge in [-0.25, -0.2) is 0 Å². The number of hydrogen-bond donors (Lipinski definition) is 4. The first-order chi connectivity index (χ1) is 11.9. The van der Waals surface area contributed by atoms with Gasteiger partial charge in [0.1, 0.15) is 12.4 Å². The Hall–Kier alpha value is -2.23. The molecular formula is C18H20B2O5. The van der Waals surface area contributed by atoms with E-state index in [0.29, 0.717) is 23.1 Å². The summed E-state index contributed by atoms with van der Waals surface area (Å²) in [6, 6.07) is 12.1. The fourth-order valence-electron chi connectivity index (χ4n) is 2.63. The molecule has 0 aliphatic carbocycles. The van der Waals surface area contributed by atoms with Crippen molar-refractivity contribution in [2.24, 2.45) is 0 Å². The molecule has 5 nitrogen and oxygen atoms in total. The number of rotatable bonds is 7. The van der Waals surface area contributed by atoms with Crippen molar-refractivity contribution in [2.75, 3.05) is 6.61 Å². The maximum absolute atomic E-state index is 9.32. The van der Waals surface area contributed by atoms with E-state index >= 15 is 0 Å². The first-order valence-corrected chi connectivity index (χ1v) is 7.93. The highest BCUT2D eigenvalue weighted by atomic mass is 16.5. The number of hydrogen-bond acceptors (Lipinski definition) is 5. The lowest BCUT2D eigenvalue weighted by Crippen LogP contribution is -2.30. The van der Waals surface area contributed by atoms with Gasteiger partial charge in [0.05, 0.1) is 0 Å². The molecule has 0 aromatic heterocycles. The van der Waals surface area contributed by atoms with Crippen LogP contribution in [0.3, 0.4) is 0 Å². The molecule has 0 spiro atoms. The molecule has 2 aromatic carbocycles. The lowest BCUT2D eigenvalue weighted by atomic mass is 9.77. The average Bonchev–Trinajstić information content (AvgIpc) is 2.60. The van der Waals surface area contributed by atoms with Crippen molar-refractivity contribution in [1.82, 2.24) is 0 Å². The molecule has 25 heavy (non-hydrogen) atoms. The Labute approximate surface area is 148 Å². The Morgan fingerprint density at radius 1 is 1.04 bits per heavy atom. The predicted octanol–water partition coefficient (Wildman–Crippen LogP) is -0.596. The SMILES string of the molecule is C#CCOc1cc(B(O)O)ccc1CC(C)c1cccc(B(O)O)c1. The van der Waals surface area contributed by atoms with Crippen LogP contribution in [0.25, 0.3) is 0 Å². The summed E-state index contributed by atoms with van der Waals surface area (Å²) in [5.41, 5.74) is 2.60. The highest BCUT2D eigenvalue weighted by molar-refractivity contribution is 6.59. The van der Waals surface area contributed by atoms with Crippen LogP contribution >= 0.6 is 0 Å². The summed E-state index contributed by atoms with van der Waals surface area (Å²) in [4.78, 5) is 0. The quantitative estimate of drug-likeness (QED) is 0.400. The summed E-state index contributed by atoms with van der Waals surface area (Å²) in [5, 5.41) is 37.3. The van der Waals surface area contributed by atoms with E-state index in [9.17, 15) is 20.1 Å². The van der Waals surface area contributed by atoms with Gasteiger partial charge in [0.25, 0.3) is 0 Å². The normalized spacial score (nSPS) is 11.5. The average molecular weight is 338 g/mol. The van der Waals surface area contributed by atoms with Crippen LogP contribution in [0, 0.1) is 12.3 Å². The molecule has 128 valence electrons. The van der Waals surface area contributed by atoms with Gasteiger partial charge in [-0.3, -0.25) is 0 Å². The monoisotopic (exact) mass is 338 g/mol. The zero-order chi connectivity index (χ0) is 18.4. The molecule has 0 bridgehead atoms. The summed E-state index contributed by atoms with van der Waals surface area (Å²) in [5.74, 6) is 2.98. The van der Waals surface area contributed by atoms with Crippen LogP contribution in [-0.2, 0) is 6.42 Å². The predicted molar refractivity (Wildman–Crippen MR) is 99.0 cm³/mol. The third-order valence-corrected chi connectivity index (χ3v) is 4.00. The molecule has 2 aromatic rings. The Morgan fingerprint density at radius 2 is 1.72 bits per heavy atom. The van der Waals surface area contributed by atoms with Gasteiger partial charge in [-0.2, -0.15) is 0 Å². The molecule has 2 rings (SSSR count). The van der Waals surface area contributed by atoms with Crippen molar-refractivity contribution in [1.29, 1.82) is 0 Å². The van der Waals surface area contributed by atoms with Crippen molar-refractivity contribution in [2.45, 2.75) is 19.3 Å². The lowest BCUT2D eigenvalue weighted by molar-refractivity contribution is 0.365. The minimum Gasteiger partial charge on any atom is -0.481 e. The van der Waals surface area contributed by atoms with E-state index in [1.807, 2.05) is 13.0 Å². The van der Waals surface area contributed by atoms with E-state index in [2.05, 4.69) is 5.92 Å². The first-order valence-electron chi connectivity index (χ1n) is 7.93. The third kappa shape index (κ3) is 5.12. The molecule has 1 atom stereocenters. The van der Waals surface area contributed by atoms with Crippen LogP contribution in [0.4, 0.5) is 0 Å². The Bertz CT molecular complexity index is 755. The van der Waals surface area contributed by atoms with Crippen LogP contribution in [0.15, 0.2) is 42.5 Å². The first kappa shape index (κ1) is 19.1. The zero-order valence-electron chi connectivity index (χ0n) is 14.0. The van der Waals surface area contributed by atoms with Gasteiger partial charge in [0.2, 0.25) is 0 Å². The largest absolute Gasteiger partial charge is 0.488 e. The maximum Gasteiger partial charge on any atom is 0.488 e. The van der Waals surface area contributed by atoms with Crippen LogP contribution < -0.4 is 15.7 Å². The summed E-state index contributed by atoms with van der Waals surface area (Å²) in [6.45, 7) is 2.10. The lowest BCUT2D eigenvalue weighted by Gasteiger charge is -2.17. The summed E-state index contributed by atoms with van der Waals surface area (Å²) < 4.78 is 5.54. The molecule has 0 fully saturated rings. The molecule has 7 heteroatoms. The fraction of sp³-hybridized carbons (Fsp3) is 0.222. The van der Waals surface area contributed by atoms with E-state index < -0.39 is 14.2 Å². The van der Waals surface area contributed by atoms with Gasteiger partial charge in [0.15, 0.2) is 0 Å². The van der Waals surface area contributed by atoms with Crippen molar-refractivity contribution in [3.8, 4) is 18.1 Å². The zero-order valence-corrected chi connectivity index (χ0v) is 14.0. The van der Waals surface area contributed by atoms with Crippen molar-refractivity contribution >= 4 is 25.2 Å². The van der Waals surface area contributed by atoms with Crippen LogP contribution in [-0.4, -0.2) is 40.9 Å². The minimum absolute atomic E-state index is 0.0804. The van der Waals surface area contributed by atoms with Crippen LogP contribution in [0.5, 0.6) is 5.75 Å². The van der Waals surface area contributed by atoms with E-state index in [0.717, 1.165) is 11.1 Å². The van der Waals surface area contributed by atoms with Crippen molar-refractivity contribution < 1.29 is 24.8 Å². The van der Waals surface area contributed by atoms with Crippen molar-refractivity contribution in [3.05, 3.63) is 53.6 Å². The van der Waals surface area contributed by atoms with Crippen LogP contribution in [0.1, 0.15) is 24.0 Å². The summed E-state index contributed by atoms with van der Waals surface area (Å²) in [6.07, 6.45) is 5.86. The highest BCUT2D eigenvalue weighted by Gasteiger charge is 2.17. The molecule has 0 heterocycles. The molecule has 4 N–H and O–H groups in total. The smallest absolute Gasteiger partial charge is 0.481 e. The van der Waals surface area contributed by atoms with Gasteiger partial charge >= 0.3 is 14.2 Å². The van der Waals surface area contributed by atoms with E-state index in [-0.39, 0.29) is 12.5 Å². The second-order valence-electron chi connectivity index (χ2n) is 5.88. The topological polar surface area (TPSA) is 90.2 Å². The molecule has 0 radical (unpaired) electrons. The molecular weight excluding hydrogens is 318 g/mol. The molecule has 0 aliphatic heterocycles. The fourth-order valence-corrected chi connectivity index (χ4v) is 2.63. The van der Waals surface area contributed by atoms with E-state index in [4.69, 9.17) is 11.2 Å². The van der Waals surface area contributed by atoms with Crippen molar-refractivity contribution in [3.63, 3.8) is 0 Å². The number of terminal acetylenes is 1. The van der Waals surface area contributed by atoms with Gasteiger partial charge in [-0.15, -0.1) is 6.42 Å². The molecule has 0 saturated heterocycles. The molecule has 1 unspecified atom stereocenters. The van der Waals surface area contributed by atoms with E-state index in [1.165, 1.54) is 0 Å². The Kier molecular flexibility index (Phi) is 6.68. The standard InChI is InChI=1S/C18H20B2O5/c1-3-9-25-18-12-17(20(23)24)8-7-15(18)10-13(2)14-5-4-6-16(11-14)19(21)22/h1,4-8,11-13,21-24H,9-10H2,2H3. The second-order valence-corrected chi connectivity index (χ2v) is 5.88.